The van der Waals surface area contributed by atoms with Crippen molar-refractivity contribution in [2.24, 2.45) is 0 Å². The molecule has 28 heavy (non-hydrogen) atoms. The maximum absolute atomic E-state index is 12.8. The molecule has 3 aromatic carbocycles. The molecular weight excluding hydrogens is 420 g/mol. The van der Waals surface area contributed by atoms with Crippen molar-refractivity contribution < 1.29 is 9.72 Å². The highest BCUT2D eigenvalue weighted by atomic mass is 79.9. The van der Waals surface area contributed by atoms with Crippen LogP contribution in [0.3, 0.4) is 0 Å². The molecule has 0 heterocycles. The van der Waals surface area contributed by atoms with E-state index in [-0.39, 0.29) is 17.9 Å². The third-order valence-corrected chi connectivity index (χ3v) is 5.08. The van der Waals surface area contributed by atoms with E-state index >= 15 is 0 Å². The lowest BCUT2D eigenvalue weighted by Crippen LogP contribution is -2.16. The number of nitro groups is 1. The molecule has 0 saturated carbocycles. The quantitative estimate of drug-likeness (QED) is 0.275. The number of nitrogens with zero attached hydrogens (tertiary/aromatic N) is 1. The molecule has 0 bridgehead atoms. The molecule has 142 valence electrons. The van der Waals surface area contributed by atoms with Gasteiger partial charge in [0.05, 0.1) is 15.4 Å². The summed E-state index contributed by atoms with van der Waals surface area (Å²) in [6.45, 7) is 1.99. The molecule has 0 aliphatic carbocycles. The average molecular weight is 439 g/mol. The Bertz CT molecular complexity index is 1010. The Balaban J connectivity index is 1.95. The molecule has 0 fully saturated rings. The van der Waals surface area contributed by atoms with Gasteiger partial charge in [0, 0.05) is 23.7 Å². The Morgan fingerprint density at radius 3 is 2.50 bits per heavy atom. The van der Waals surface area contributed by atoms with Gasteiger partial charge in [-0.25, -0.2) is 0 Å². The Morgan fingerprint density at radius 2 is 1.82 bits per heavy atom. The van der Waals surface area contributed by atoms with Crippen molar-refractivity contribution in [2.75, 3.05) is 5.32 Å². The van der Waals surface area contributed by atoms with E-state index in [0.717, 1.165) is 11.3 Å². The van der Waals surface area contributed by atoms with Crippen molar-refractivity contribution in [1.29, 1.82) is 0 Å². The standard InChI is InChI=1S/C22H19BrN2O3/c1-15-6-5-9-18(12-15)24-20(14-22(26)16-7-3-2-4-8-16)17-10-11-19(23)21(13-17)25(27)28/h2-13,20,24H,14H2,1H3. The fourth-order valence-corrected chi connectivity index (χ4v) is 3.39. The molecular formula is C22H19BrN2O3. The van der Waals surface area contributed by atoms with Crippen LogP contribution >= 0.6 is 15.9 Å². The predicted octanol–water partition coefficient (Wildman–Crippen LogP) is 6.09. The molecule has 0 aliphatic heterocycles. The first-order chi connectivity index (χ1) is 13.4. The lowest BCUT2D eigenvalue weighted by molar-refractivity contribution is -0.385. The Hall–Kier alpha value is -2.99. The van der Waals surface area contributed by atoms with Gasteiger partial charge in [-0.1, -0.05) is 48.5 Å². The monoisotopic (exact) mass is 438 g/mol. The van der Waals surface area contributed by atoms with Crippen molar-refractivity contribution >= 4 is 33.1 Å². The number of nitrogens with one attached hydrogen (secondary N) is 1. The van der Waals surface area contributed by atoms with Crippen molar-refractivity contribution in [3.05, 3.63) is 104 Å². The van der Waals surface area contributed by atoms with Crippen LogP contribution in [-0.2, 0) is 0 Å². The van der Waals surface area contributed by atoms with Crippen LogP contribution in [0.1, 0.15) is 33.9 Å². The largest absolute Gasteiger partial charge is 0.378 e. The molecule has 1 atom stereocenters. The fourth-order valence-electron chi connectivity index (χ4n) is 3.00. The number of hydrogen-bond acceptors (Lipinski definition) is 4. The third kappa shape index (κ3) is 4.84. The summed E-state index contributed by atoms with van der Waals surface area (Å²) in [7, 11) is 0. The second kappa shape index (κ2) is 8.80. The Labute approximate surface area is 171 Å². The van der Waals surface area contributed by atoms with Crippen molar-refractivity contribution in [1.82, 2.24) is 0 Å². The molecule has 3 rings (SSSR count). The van der Waals surface area contributed by atoms with Gasteiger partial charge < -0.3 is 5.32 Å². The Kier molecular flexibility index (Phi) is 6.21. The summed E-state index contributed by atoms with van der Waals surface area (Å²) in [5.41, 5.74) is 3.21. The average Bonchev–Trinajstić information content (AvgIpc) is 2.68. The van der Waals surface area contributed by atoms with E-state index < -0.39 is 11.0 Å². The number of carbonyl (C=O) groups excluding carboxylic acids is 1. The van der Waals surface area contributed by atoms with Gasteiger partial charge in [-0.2, -0.15) is 0 Å². The number of benzene rings is 3. The smallest absolute Gasteiger partial charge is 0.283 e. The number of rotatable bonds is 7. The van der Waals surface area contributed by atoms with Gasteiger partial charge in [-0.3, -0.25) is 14.9 Å². The van der Waals surface area contributed by atoms with E-state index in [1.165, 1.54) is 6.07 Å². The van der Waals surface area contributed by atoms with Gasteiger partial charge in [0.2, 0.25) is 0 Å². The molecule has 0 aromatic heterocycles. The second-order valence-electron chi connectivity index (χ2n) is 6.53. The molecule has 0 radical (unpaired) electrons. The van der Waals surface area contributed by atoms with Crippen LogP contribution in [0.25, 0.3) is 0 Å². The van der Waals surface area contributed by atoms with Gasteiger partial charge in [0.25, 0.3) is 5.69 Å². The minimum atomic E-state index is -0.434. The van der Waals surface area contributed by atoms with Gasteiger partial charge >= 0.3 is 0 Å². The number of nitro benzene ring substituents is 1. The number of anilines is 1. The van der Waals surface area contributed by atoms with Crippen LogP contribution in [0, 0.1) is 17.0 Å². The van der Waals surface area contributed by atoms with E-state index in [1.54, 1.807) is 24.3 Å². The van der Waals surface area contributed by atoms with E-state index in [4.69, 9.17) is 0 Å². The van der Waals surface area contributed by atoms with Crippen LogP contribution in [0.4, 0.5) is 11.4 Å². The molecule has 0 spiro atoms. The summed E-state index contributed by atoms with van der Waals surface area (Å²) >= 11 is 3.22. The van der Waals surface area contributed by atoms with Crippen molar-refractivity contribution in [3.8, 4) is 0 Å². The fraction of sp³-hybridized carbons (Fsp3) is 0.136. The zero-order chi connectivity index (χ0) is 20.1. The van der Waals surface area contributed by atoms with E-state index in [9.17, 15) is 14.9 Å². The van der Waals surface area contributed by atoms with Crippen LogP contribution in [-0.4, -0.2) is 10.7 Å². The lowest BCUT2D eigenvalue weighted by atomic mass is 9.97. The van der Waals surface area contributed by atoms with Gasteiger partial charge in [-0.05, 0) is 52.2 Å². The molecule has 1 N–H and O–H groups in total. The van der Waals surface area contributed by atoms with Crippen LogP contribution in [0.5, 0.6) is 0 Å². The van der Waals surface area contributed by atoms with Gasteiger partial charge in [0.1, 0.15) is 0 Å². The van der Waals surface area contributed by atoms with Gasteiger partial charge in [-0.15, -0.1) is 0 Å². The topological polar surface area (TPSA) is 72.2 Å². The highest BCUT2D eigenvalue weighted by Gasteiger charge is 2.21. The maximum atomic E-state index is 12.8. The summed E-state index contributed by atoms with van der Waals surface area (Å²) in [4.78, 5) is 23.7. The number of ketones is 1. The van der Waals surface area contributed by atoms with Crippen LogP contribution in [0.2, 0.25) is 0 Å². The van der Waals surface area contributed by atoms with E-state index in [1.807, 2.05) is 49.4 Å². The zero-order valence-electron chi connectivity index (χ0n) is 15.3. The van der Waals surface area contributed by atoms with Crippen molar-refractivity contribution in [2.45, 2.75) is 19.4 Å². The van der Waals surface area contributed by atoms with Crippen LogP contribution in [0.15, 0.2) is 77.3 Å². The van der Waals surface area contributed by atoms with Gasteiger partial charge in [0.15, 0.2) is 5.78 Å². The zero-order valence-corrected chi connectivity index (χ0v) is 16.8. The predicted molar refractivity (Wildman–Crippen MR) is 114 cm³/mol. The summed E-state index contributed by atoms with van der Waals surface area (Å²) < 4.78 is 0.407. The number of hydrogen-bond donors (Lipinski definition) is 1. The third-order valence-electron chi connectivity index (χ3n) is 4.41. The molecule has 5 nitrogen and oxygen atoms in total. The highest BCUT2D eigenvalue weighted by molar-refractivity contribution is 9.10. The SMILES string of the molecule is Cc1cccc(NC(CC(=O)c2ccccc2)c2ccc(Br)c([N+](=O)[O-])c2)c1. The number of carbonyl (C=O) groups is 1. The lowest BCUT2D eigenvalue weighted by Gasteiger charge is -2.20. The minimum absolute atomic E-state index is 0.0271. The molecule has 6 heteroatoms. The Morgan fingerprint density at radius 1 is 1.07 bits per heavy atom. The molecule has 0 amide bonds. The summed E-state index contributed by atoms with van der Waals surface area (Å²) in [6, 6.07) is 21.4. The number of Topliss-reactive ketones (excluding diaryl/α,β-unsaturated/α-hetero) is 1. The summed E-state index contributed by atoms with van der Waals surface area (Å²) in [6.07, 6.45) is 0.177. The first-order valence-corrected chi connectivity index (χ1v) is 9.58. The maximum Gasteiger partial charge on any atom is 0.283 e. The molecule has 0 aliphatic rings. The minimum Gasteiger partial charge on any atom is -0.378 e. The molecule has 0 saturated heterocycles. The van der Waals surface area contributed by atoms with E-state index in [0.29, 0.717) is 15.6 Å². The second-order valence-corrected chi connectivity index (χ2v) is 7.38. The summed E-state index contributed by atoms with van der Waals surface area (Å²) in [5, 5.41) is 14.7. The molecule has 1 unspecified atom stereocenters. The summed E-state index contributed by atoms with van der Waals surface area (Å²) in [5.74, 6) is -0.0312. The number of aryl methyl sites for hydroxylation is 1. The normalized spacial score (nSPS) is 11.6. The first kappa shape index (κ1) is 19.8. The molecule has 3 aromatic rings. The number of halogens is 1. The first-order valence-electron chi connectivity index (χ1n) is 8.79. The van der Waals surface area contributed by atoms with Crippen LogP contribution < -0.4 is 5.32 Å². The highest BCUT2D eigenvalue weighted by Crippen LogP contribution is 2.31. The van der Waals surface area contributed by atoms with E-state index in [2.05, 4.69) is 21.2 Å². The van der Waals surface area contributed by atoms with Crippen molar-refractivity contribution in [3.63, 3.8) is 0 Å².